The fraction of sp³-hybridized carbons (Fsp3) is 0.417. The van der Waals surface area contributed by atoms with E-state index in [1.807, 2.05) is 13.0 Å². The second-order valence-electron chi connectivity index (χ2n) is 3.73. The van der Waals surface area contributed by atoms with Gasteiger partial charge in [0.25, 0.3) is 0 Å². The van der Waals surface area contributed by atoms with Gasteiger partial charge < -0.3 is 9.84 Å². The normalized spacial score (nSPS) is 12.4. The third-order valence-electron chi connectivity index (χ3n) is 2.43. The van der Waals surface area contributed by atoms with Crippen molar-refractivity contribution >= 4 is 17.6 Å². The van der Waals surface area contributed by atoms with E-state index in [1.54, 1.807) is 19.2 Å². The van der Waals surface area contributed by atoms with Crippen molar-refractivity contribution in [1.82, 2.24) is 5.32 Å². The number of carboxylic acids is 1. The number of carboxylic acid groups (broad SMARTS) is 1. The van der Waals surface area contributed by atoms with Crippen LogP contribution < -0.4 is 5.32 Å². The van der Waals surface area contributed by atoms with Crippen LogP contribution in [0.3, 0.4) is 0 Å². The fourth-order valence-corrected chi connectivity index (χ4v) is 1.63. The summed E-state index contributed by atoms with van der Waals surface area (Å²) in [6.45, 7) is 2.81. The Morgan fingerprint density at radius 1 is 1.59 bits per heavy atom. The van der Waals surface area contributed by atoms with Crippen LogP contribution in [0.5, 0.6) is 0 Å². The monoisotopic (exact) mass is 257 g/mol. The summed E-state index contributed by atoms with van der Waals surface area (Å²) in [5.41, 5.74) is 1.57. The van der Waals surface area contributed by atoms with Gasteiger partial charge in [0.2, 0.25) is 0 Å². The number of methoxy groups -OCH3 is 1. The molecule has 0 aromatic heterocycles. The van der Waals surface area contributed by atoms with E-state index in [1.165, 1.54) is 0 Å². The van der Waals surface area contributed by atoms with Gasteiger partial charge in [-0.15, -0.1) is 0 Å². The molecule has 5 heteroatoms. The Morgan fingerprint density at radius 3 is 2.82 bits per heavy atom. The van der Waals surface area contributed by atoms with E-state index in [2.05, 4.69) is 5.32 Å². The van der Waals surface area contributed by atoms with Gasteiger partial charge in [0.05, 0.1) is 6.61 Å². The summed E-state index contributed by atoms with van der Waals surface area (Å²) in [6, 6.07) is 4.49. The third kappa shape index (κ3) is 4.00. The Hall–Kier alpha value is -1.10. The van der Waals surface area contributed by atoms with Gasteiger partial charge in [0, 0.05) is 18.7 Å². The Kier molecular flexibility index (Phi) is 5.41. The van der Waals surface area contributed by atoms with Crippen LogP contribution in [0.25, 0.3) is 0 Å². The smallest absolute Gasteiger partial charge is 0.325 e. The zero-order valence-electron chi connectivity index (χ0n) is 9.87. The number of benzene rings is 1. The molecule has 0 aliphatic rings. The molecule has 0 heterocycles. The van der Waals surface area contributed by atoms with E-state index in [4.69, 9.17) is 21.4 Å². The standard InChI is InChI=1S/C12H16ClNO3/c1-8-3-4-9(7-10(8)13)11(12(15)16)14-5-6-17-2/h3-4,7,11,14H,5-6H2,1-2H3,(H,15,16). The van der Waals surface area contributed by atoms with Gasteiger partial charge in [0.1, 0.15) is 6.04 Å². The number of halogens is 1. The molecule has 0 fully saturated rings. The maximum Gasteiger partial charge on any atom is 0.325 e. The van der Waals surface area contributed by atoms with Gasteiger partial charge in [-0.1, -0.05) is 23.7 Å². The number of hydrogen-bond donors (Lipinski definition) is 2. The van der Waals surface area contributed by atoms with Gasteiger partial charge in [-0.05, 0) is 24.1 Å². The molecule has 0 radical (unpaired) electrons. The molecule has 17 heavy (non-hydrogen) atoms. The SMILES string of the molecule is COCCNC(C(=O)O)c1ccc(C)c(Cl)c1. The van der Waals surface area contributed by atoms with Crippen LogP contribution in [0.2, 0.25) is 5.02 Å². The largest absolute Gasteiger partial charge is 0.480 e. The molecule has 0 amide bonds. The number of rotatable bonds is 6. The summed E-state index contributed by atoms with van der Waals surface area (Å²) in [6.07, 6.45) is 0. The van der Waals surface area contributed by atoms with Crippen molar-refractivity contribution in [3.63, 3.8) is 0 Å². The molecule has 1 aromatic carbocycles. The molecule has 1 unspecified atom stereocenters. The van der Waals surface area contributed by atoms with Gasteiger partial charge in [-0.25, -0.2) is 0 Å². The van der Waals surface area contributed by atoms with Crippen molar-refractivity contribution in [2.24, 2.45) is 0 Å². The molecule has 0 aliphatic carbocycles. The van der Waals surface area contributed by atoms with Crippen LogP contribution in [-0.4, -0.2) is 31.3 Å². The molecule has 0 saturated carbocycles. The highest BCUT2D eigenvalue weighted by molar-refractivity contribution is 6.31. The molecular formula is C12H16ClNO3. The highest BCUT2D eigenvalue weighted by Crippen LogP contribution is 2.21. The molecule has 2 N–H and O–H groups in total. The molecule has 1 rings (SSSR count). The second kappa shape index (κ2) is 6.59. The van der Waals surface area contributed by atoms with E-state index in [-0.39, 0.29) is 0 Å². The molecule has 0 saturated heterocycles. The summed E-state index contributed by atoms with van der Waals surface area (Å²) in [5.74, 6) is -0.930. The lowest BCUT2D eigenvalue weighted by atomic mass is 10.1. The lowest BCUT2D eigenvalue weighted by Crippen LogP contribution is -2.31. The van der Waals surface area contributed by atoms with E-state index in [9.17, 15) is 4.79 Å². The minimum atomic E-state index is -0.930. The summed E-state index contributed by atoms with van der Waals surface area (Å²) in [5, 5.41) is 12.6. The summed E-state index contributed by atoms with van der Waals surface area (Å²) >= 11 is 5.98. The number of hydrogen-bond acceptors (Lipinski definition) is 3. The average molecular weight is 258 g/mol. The van der Waals surface area contributed by atoms with Crippen LogP contribution in [0.1, 0.15) is 17.2 Å². The highest BCUT2D eigenvalue weighted by Gasteiger charge is 2.19. The van der Waals surface area contributed by atoms with Gasteiger partial charge in [-0.3, -0.25) is 10.1 Å². The van der Waals surface area contributed by atoms with Crippen molar-refractivity contribution in [2.75, 3.05) is 20.3 Å². The molecule has 0 aliphatic heterocycles. The van der Waals surface area contributed by atoms with Gasteiger partial charge in [-0.2, -0.15) is 0 Å². The highest BCUT2D eigenvalue weighted by atomic mass is 35.5. The van der Waals surface area contributed by atoms with Gasteiger partial charge >= 0.3 is 5.97 Å². The summed E-state index contributed by atoms with van der Waals surface area (Å²) in [7, 11) is 1.57. The maximum absolute atomic E-state index is 11.1. The number of carbonyl (C=O) groups is 1. The number of aryl methyl sites for hydroxylation is 1. The number of aliphatic carboxylic acids is 1. The van der Waals surface area contributed by atoms with Crippen LogP contribution in [0, 0.1) is 6.92 Å². The number of nitrogens with one attached hydrogen (secondary N) is 1. The first-order chi connectivity index (χ1) is 8.06. The van der Waals surface area contributed by atoms with Crippen molar-refractivity contribution in [3.05, 3.63) is 34.3 Å². The van der Waals surface area contributed by atoms with E-state index in [0.717, 1.165) is 5.56 Å². The van der Waals surface area contributed by atoms with Crippen LogP contribution >= 0.6 is 11.6 Å². The molecule has 1 aromatic rings. The quantitative estimate of drug-likeness (QED) is 0.766. The van der Waals surface area contributed by atoms with Crippen molar-refractivity contribution in [1.29, 1.82) is 0 Å². The first-order valence-electron chi connectivity index (χ1n) is 5.27. The van der Waals surface area contributed by atoms with E-state index >= 15 is 0 Å². The zero-order chi connectivity index (χ0) is 12.8. The molecule has 1 atom stereocenters. The molecule has 0 bridgehead atoms. The third-order valence-corrected chi connectivity index (χ3v) is 2.84. The van der Waals surface area contributed by atoms with Crippen LogP contribution in [0.15, 0.2) is 18.2 Å². The van der Waals surface area contributed by atoms with Crippen molar-refractivity contribution < 1.29 is 14.6 Å². The second-order valence-corrected chi connectivity index (χ2v) is 4.13. The van der Waals surface area contributed by atoms with E-state index in [0.29, 0.717) is 23.7 Å². The summed E-state index contributed by atoms with van der Waals surface area (Å²) in [4.78, 5) is 11.1. The Morgan fingerprint density at radius 2 is 2.29 bits per heavy atom. The Labute approximate surface area is 106 Å². The minimum Gasteiger partial charge on any atom is -0.480 e. The van der Waals surface area contributed by atoms with Crippen LogP contribution in [0.4, 0.5) is 0 Å². The fourth-order valence-electron chi connectivity index (χ4n) is 1.44. The summed E-state index contributed by atoms with van der Waals surface area (Å²) < 4.78 is 4.87. The predicted molar refractivity (Wildman–Crippen MR) is 66.4 cm³/mol. The first-order valence-corrected chi connectivity index (χ1v) is 5.65. The lowest BCUT2D eigenvalue weighted by molar-refractivity contribution is -0.139. The first kappa shape index (κ1) is 14.0. The minimum absolute atomic E-state index is 0.462. The Balaban J connectivity index is 2.82. The molecule has 94 valence electrons. The van der Waals surface area contributed by atoms with Crippen LogP contribution in [-0.2, 0) is 9.53 Å². The lowest BCUT2D eigenvalue weighted by Gasteiger charge is -2.15. The van der Waals surface area contributed by atoms with Crippen molar-refractivity contribution in [2.45, 2.75) is 13.0 Å². The van der Waals surface area contributed by atoms with E-state index < -0.39 is 12.0 Å². The molecule has 4 nitrogen and oxygen atoms in total. The topological polar surface area (TPSA) is 58.6 Å². The average Bonchev–Trinajstić information content (AvgIpc) is 2.28. The molecule has 0 spiro atoms. The zero-order valence-corrected chi connectivity index (χ0v) is 10.6. The predicted octanol–water partition coefficient (Wildman–Crippen LogP) is 2.01. The Bertz CT molecular complexity index is 395. The molecular weight excluding hydrogens is 242 g/mol. The number of ether oxygens (including phenoxy) is 1. The maximum atomic E-state index is 11.1. The van der Waals surface area contributed by atoms with Gasteiger partial charge in [0.15, 0.2) is 0 Å². The van der Waals surface area contributed by atoms with Crippen molar-refractivity contribution in [3.8, 4) is 0 Å².